The summed E-state index contributed by atoms with van der Waals surface area (Å²) in [7, 11) is 0. The molecule has 64 valence electrons. The Morgan fingerprint density at radius 3 is 2.45 bits per heavy atom. The monoisotopic (exact) mass is 157 g/mol. The van der Waals surface area contributed by atoms with E-state index in [-0.39, 0.29) is 5.92 Å². The number of nitroso groups, excluding NO2 is 1. The van der Waals surface area contributed by atoms with Gasteiger partial charge in [-0.25, -0.2) is 0 Å². The summed E-state index contributed by atoms with van der Waals surface area (Å²) < 4.78 is 0. The van der Waals surface area contributed by atoms with E-state index in [9.17, 15) is 9.70 Å². The van der Waals surface area contributed by atoms with Gasteiger partial charge in [-0.2, -0.15) is 0 Å². The van der Waals surface area contributed by atoms with E-state index >= 15 is 0 Å². The van der Waals surface area contributed by atoms with Crippen LogP contribution in [0, 0.1) is 10.8 Å². The average molecular weight is 157 g/mol. The van der Waals surface area contributed by atoms with Gasteiger partial charge in [0.1, 0.15) is 0 Å². The fourth-order valence-electron chi connectivity index (χ4n) is 1.03. The first-order chi connectivity index (χ1) is 5.26. The predicted molar refractivity (Wildman–Crippen MR) is 44.1 cm³/mol. The van der Waals surface area contributed by atoms with E-state index in [1.54, 1.807) is 0 Å². The van der Waals surface area contributed by atoms with Crippen LogP contribution in [0.3, 0.4) is 0 Å². The minimum atomic E-state index is -0.485. The van der Waals surface area contributed by atoms with Crippen LogP contribution in [0.15, 0.2) is 5.18 Å². The van der Waals surface area contributed by atoms with E-state index in [1.165, 1.54) is 0 Å². The Bertz CT molecular complexity index is 134. The van der Waals surface area contributed by atoms with Crippen molar-refractivity contribution in [1.82, 2.24) is 0 Å². The lowest BCUT2D eigenvalue weighted by atomic mass is 9.99. The highest BCUT2D eigenvalue weighted by atomic mass is 16.3. The van der Waals surface area contributed by atoms with E-state index in [2.05, 4.69) is 12.1 Å². The van der Waals surface area contributed by atoms with Gasteiger partial charge < -0.3 is 0 Å². The Kier molecular flexibility index (Phi) is 5.61. The zero-order valence-corrected chi connectivity index (χ0v) is 7.17. The number of unbranched alkanes of at least 4 members (excludes halogenated alkanes) is 1. The van der Waals surface area contributed by atoms with Gasteiger partial charge in [-0.3, -0.25) is 4.79 Å². The summed E-state index contributed by atoms with van der Waals surface area (Å²) in [4.78, 5) is 20.6. The molecule has 0 bridgehead atoms. The summed E-state index contributed by atoms with van der Waals surface area (Å²) >= 11 is 0. The molecule has 0 saturated heterocycles. The molecule has 0 heterocycles. The van der Waals surface area contributed by atoms with Crippen molar-refractivity contribution in [3.05, 3.63) is 4.91 Å². The molecule has 3 heteroatoms. The molecule has 0 N–H and O–H groups in total. The van der Waals surface area contributed by atoms with Gasteiger partial charge in [-0.05, 0) is 12.8 Å². The smallest absolute Gasteiger partial charge is 0.269 e. The maximum absolute atomic E-state index is 10.8. The average Bonchev–Trinajstić information content (AvgIpc) is 2.05. The lowest BCUT2D eigenvalue weighted by Gasteiger charge is -2.06. The number of hydrogen-bond acceptors (Lipinski definition) is 2. The second kappa shape index (κ2) is 6.01. The third kappa shape index (κ3) is 3.86. The van der Waals surface area contributed by atoms with Crippen LogP contribution in [0.4, 0.5) is 0 Å². The lowest BCUT2D eigenvalue weighted by molar-refractivity contribution is -0.122. The summed E-state index contributed by atoms with van der Waals surface area (Å²) in [5.41, 5.74) is 0. The van der Waals surface area contributed by atoms with E-state index in [4.69, 9.17) is 0 Å². The van der Waals surface area contributed by atoms with Crippen molar-refractivity contribution in [2.24, 2.45) is 11.1 Å². The number of carbonyl (C=O) groups excluding carboxylic acids is 1. The first kappa shape index (κ1) is 10.3. The highest BCUT2D eigenvalue weighted by Gasteiger charge is 2.15. The van der Waals surface area contributed by atoms with E-state index < -0.39 is 5.91 Å². The normalized spacial score (nSPS) is 12.5. The molecular weight excluding hydrogens is 142 g/mol. The fourth-order valence-corrected chi connectivity index (χ4v) is 1.03. The third-order valence-electron chi connectivity index (χ3n) is 1.84. The standard InChI is InChI=1S/C8H15NO2/c1-3-5-6-7(4-2)8(10)9-11/h7H,3-6H2,1-2H3/t7-/m0/s1. The molecule has 0 aromatic rings. The minimum absolute atomic E-state index is 0.132. The zero-order valence-electron chi connectivity index (χ0n) is 7.17. The molecule has 3 nitrogen and oxygen atoms in total. The van der Waals surface area contributed by atoms with Gasteiger partial charge in [0.05, 0.1) is 0 Å². The van der Waals surface area contributed by atoms with E-state index in [1.807, 2.05) is 6.92 Å². The molecule has 0 aliphatic rings. The predicted octanol–water partition coefficient (Wildman–Crippen LogP) is 2.50. The molecule has 0 aliphatic heterocycles. The molecule has 0 rings (SSSR count). The van der Waals surface area contributed by atoms with Crippen molar-refractivity contribution in [2.75, 3.05) is 0 Å². The first-order valence-corrected chi connectivity index (χ1v) is 4.13. The highest BCUT2D eigenvalue weighted by molar-refractivity contribution is 5.79. The molecule has 0 aromatic carbocycles. The Labute approximate surface area is 67.2 Å². The van der Waals surface area contributed by atoms with Gasteiger partial charge in [0.15, 0.2) is 0 Å². The molecule has 0 saturated carbocycles. The summed E-state index contributed by atoms with van der Waals surface area (Å²) in [6.07, 6.45) is 3.59. The molecule has 0 unspecified atom stereocenters. The van der Waals surface area contributed by atoms with Crippen LogP contribution in [0.25, 0.3) is 0 Å². The van der Waals surface area contributed by atoms with Gasteiger partial charge >= 0.3 is 0 Å². The quantitative estimate of drug-likeness (QED) is 0.575. The molecule has 1 atom stereocenters. The van der Waals surface area contributed by atoms with Gasteiger partial charge in [-0.1, -0.05) is 26.7 Å². The third-order valence-corrected chi connectivity index (χ3v) is 1.84. The lowest BCUT2D eigenvalue weighted by Crippen LogP contribution is -2.10. The van der Waals surface area contributed by atoms with Crippen molar-refractivity contribution in [3.63, 3.8) is 0 Å². The summed E-state index contributed by atoms with van der Waals surface area (Å²) in [5, 5.41) is 2.42. The van der Waals surface area contributed by atoms with Crippen LogP contribution in [0.1, 0.15) is 39.5 Å². The van der Waals surface area contributed by atoms with Gasteiger partial charge in [-0.15, -0.1) is 4.91 Å². The van der Waals surface area contributed by atoms with Crippen molar-refractivity contribution in [2.45, 2.75) is 39.5 Å². The van der Waals surface area contributed by atoms with Crippen molar-refractivity contribution in [1.29, 1.82) is 0 Å². The number of rotatable bonds is 5. The van der Waals surface area contributed by atoms with Crippen LogP contribution in [-0.2, 0) is 4.79 Å². The Hall–Kier alpha value is -0.730. The SMILES string of the molecule is CCCC[C@H](CC)C(=O)N=O. The van der Waals surface area contributed by atoms with Crippen molar-refractivity contribution in [3.8, 4) is 0 Å². The molecule has 0 fully saturated rings. The van der Waals surface area contributed by atoms with Crippen LogP contribution < -0.4 is 0 Å². The summed E-state index contributed by atoms with van der Waals surface area (Å²) in [6.45, 7) is 3.97. The topological polar surface area (TPSA) is 46.5 Å². The van der Waals surface area contributed by atoms with Crippen LogP contribution in [0.2, 0.25) is 0 Å². The maximum atomic E-state index is 10.8. The molecule has 0 radical (unpaired) electrons. The molecule has 0 spiro atoms. The van der Waals surface area contributed by atoms with Gasteiger partial charge in [0.25, 0.3) is 5.91 Å². The second-order valence-corrected chi connectivity index (χ2v) is 2.68. The fraction of sp³-hybridized carbons (Fsp3) is 0.875. The largest absolute Gasteiger partial charge is 0.289 e. The highest BCUT2D eigenvalue weighted by Crippen LogP contribution is 2.13. The van der Waals surface area contributed by atoms with Crippen LogP contribution >= 0.6 is 0 Å². The summed E-state index contributed by atoms with van der Waals surface area (Å²) in [5.74, 6) is -0.617. The number of nitrogens with zero attached hydrogens (tertiary/aromatic N) is 1. The Balaban J connectivity index is 3.74. The Morgan fingerprint density at radius 2 is 2.09 bits per heavy atom. The zero-order chi connectivity index (χ0) is 8.69. The number of carbonyl (C=O) groups is 1. The number of hydrogen-bond donors (Lipinski definition) is 0. The van der Waals surface area contributed by atoms with Gasteiger partial charge in [0, 0.05) is 11.1 Å². The molecule has 1 amide bonds. The van der Waals surface area contributed by atoms with E-state index in [0.717, 1.165) is 25.7 Å². The molecule has 11 heavy (non-hydrogen) atoms. The number of amides is 1. The first-order valence-electron chi connectivity index (χ1n) is 4.13. The van der Waals surface area contributed by atoms with E-state index in [0.29, 0.717) is 0 Å². The molecule has 0 aromatic heterocycles. The molecular formula is C8H15NO2. The van der Waals surface area contributed by atoms with Crippen LogP contribution in [0.5, 0.6) is 0 Å². The van der Waals surface area contributed by atoms with Crippen molar-refractivity contribution >= 4 is 5.91 Å². The maximum Gasteiger partial charge on any atom is 0.289 e. The minimum Gasteiger partial charge on any atom is -0.269 e. The van der Waals surface area contributed by atoms with Crippen LogP contribution in [-0.4, -0.2) is 5.91 Å². The second-order valence-electron chi connectivity index (χ2n) is 2.68. The Morgan fingerprint density at radius 1 is 1.45 bits per heavy atom. The molecule has 0 aliphatic carbocycles. The summed E-state index contributed by atoms with van der Waals surface area (Å²) in [6, 6.07) is 0. The van der Waals surface area contributed by atoms with Crippen molar-refractivity contribution < 1.29 is 4.79 Å². The van der Waals surface area contributed by atoms with Gasteiger partial charge in [0.2, 0.25) is 0 Å².